The molecule has 0 amide bonds. The van der Waals surface area contributed by atoms with Crippen LogP contribution in [0.5, 0.6) is 11.5 Å². The van der Waals surface area contributed by atoms with Crippen molar-refractivity contribution in [2.75, 3.05) is 27.4 Å². The molecule has 2 atom stereocenters. The molecule has 136 valence electrons. The van der Waals surface area contributed by atoms with Crippen molar-refractivity contribution in [1.82, 2.24) is 4.90 Å². The van der Waals surface area contributed by atoms with Gasteiger partial charge < -0.3 is 14.2 Å². The van der Waals surface area contributed by atoms with E-state index in [1.165, 1.54) is 11.1 Å². The predicted molar refractivity (Wildman–Crippen MR) is 103 cm³/mol. The van der Waals surface area contributed by atoms with Crippen LogP contribution < -0.4 is 9.47 Å². The van der Waals surface area contributed by atoms with Crippen molar-refractivity contribution in [3.05, 3.63) is 65.7 Å². The molecule has 0 aliphatic carbocycles. The first-order valence-electron chi connectivity index (χ1n) is 9.09. The number of ether oxygens (including phenoxy) is 3. The van der Waals surface area contributed by atoms with Gasteiger partial charge in [0.25, 0.3) is 0 Å². The maximum absolute atomic E-state index is 5.85. The van der Waals surface area contributed by atoms with Crippen molar-refractivity contribution in [2.24, 2.45) is 0 Å². The lowest BCUT2D eigenvalue weighted by Crippen LogP contribution is -2.53. The molecule has 2 bridgehead atoms. The van der Waals surface area contributed by atoms with Crippen LogP contribution in [-0.4, -0.2) is 44.4 Å². The van der Waals surface area contributed by atoms with Gasteiger partial charge in [-0.05, 0) is 23.6 Å². The lowest BCUT2D eigenvalue weighted by molar-refractivity contribution is -0.0403. The molecule has 0 radical (unpaired) electrons. The number of morpholine rings is 1. The molecule has 1 fully saturated rings. The number of benzene rings is 2. The van der Waals surface area contributed by atoms with Gasteiger partial charge in [-0.25, -0.2) is 0 Å². The number of para-hydroxylation sites is 1. The minimum absolute atomic E-state index is 0.286. The lowest BCUT2D eigenvalue weighted by atomic mass is 9.89. The fourth-order valence-electron chi connectivity index (χ4n) is 4.04. The molecule has 0 spiro atoms. The molecule has 2 unspecified atom stereocenters. The van der Waals surface area contributed by atoms with E-state index >= 15 is 0 Å². The first kappa shape index (κ1) is 17.1. The van der Waals surface area contributed by atoms with Crippen LogP contribution in [0.1, 0.15) is 17.5 Å². The smallest absolute Gasteiger partial charge is 0.168 e. The van der Waals surface area contributed by atoms with E-state index < -0.39 is 0 Å². The Morgan fingerprint density at radius 1 is 1.00 bits per heavy atom. The molecule has 2 aromatic carbocycles. The zero-order chi connectivity index (χ0) is 17.9. The molecule has 26 heavy (non-hydrogen) atoms. The summed E-state index contributed by atoms with van der Waals surface area (Å²) in [5, 5.41) is 0. The van der Waals surface area contributed by atoms with Crippen LogP contribution in [0.4, 0.5) is 0 Å². The Balaban J connectivity index is 1.65. The van der Waals surface area contributed by atoms with E-state index in [1.54, 1.807) is 14.2 Å². The van der Waals surface area contributed by atoms with Gasteiger partial charge in [0, 0.05) is 18.2 Å². The molecule has 0 aromatic heterocycles. The molecule has 2 aliphatic heterocycles. The van der Waals surface area contributed by atoms with Crippen molar-refractivity contribution in [1.29, 1.82) is 0 Å². The molecule has 2 heterocycles. The molecule has 0 saturated carbocycles. The Kier molecular flexibility index (Phi) is 4.96. The minimum Gasteiger partial charge on any atom is -0.493 e. The van der Waals surface area contributed by atoms with Gasteiger partial charge in [-0.1, -0.05) is 48.5 Å². The largest absolute Gasteiger partial charge is 0.493 e. The second-order valence-corrected chi connectivity index (χ2v) is 6.85. The standard InChI is InChI=1S/C22H25NO3/c1-24-21-10-6-9-20(22(21)25-2)17-11-18-14-26-15-19(12-17)23(18)13-16-7-4-3-5-8-16/h3-11,18-19H,12-15H2,1-2H3. The van der Waals surface area contributed by atoms with E-state index in [9.17, 15) is 0 Å². The van der Waals surface area contributed by atoms with E-state index in [2.05, 4.69) is 47.4 Å². The fourth-order valence-corrected chi connectivity index (χ4v) is 4.04. The molecule has 0 N–H and O–H groups in total. The fraction of sp³-hybridized carbons (Fsp3) is 0.364. The molecular formula is C22H25NO3. The molecule has 4 rings (SSSR count). The van der Waals surface area contributed by atoms with Crippen LogP contribution in [0.25, 0.3) is 5.57 Å². The summed E-state index contributed by atoms with van der Waals surface area (Å²) in [5.41, 5.74) is 3.80. The minimum atomic E-state index is 0.286. The number of methoxy groups -OCH3 is 2. The van der Waals surface area contributed by atoms with Gasteiger partial charge in [-0.3, -0.25) is 4.90 Å². The molecule has 2 aliphatic rings. The van der Waals surface area contributed by atoms with Crippen molar-refractivity contribution >= 4 is 5.57 Å². The molecule has 4 nitrogen and oxygen atoms in total. The van der Waals surface area contributed by atoms with Gasteiger partial charge in [-0.15, -0.1) is 0 Å². The van der Waals surface area contributed by atoms with Crippen LogP contribution in [0.15, 0.2) is 54.6 Å². The third-order valence-electron chi connectivity index (χ3n) is 5.30. The van der Waals surface area contributed by atoms with Gasteiger partial charge >= 0.3 is 0 Å². The zero-order valence-electron chi connectivity index (χ0n) is 15.4. The summed E-state index contributed by atoms with van der Waals surface area (Å²) in [6, 6.07) is 17.4. The molecule has 2 aromatic rings. The molecule has 4 heteroatoms. The van der Waals surface area contributed by atoms with E-state index in [1.807, 2.05) is 12.1 Å². The average Bonchev–Trinajstić information content (AvgIpc) is 2.68. The normalized spacial score (nSPS) is 22.6. The van der Waals surface area contributed by atoms with Crippen molar-refractivity contribution in [3.8, 4) is 11.5 Å². The third kappa shape index (κ3) is 3.22. The Morgan fingerprint density at radius 3 is 2.58 bits per heavy atom. The summed E-state index contributed by atoms with van der Waals surface area (Å²) >= 11 is 0. The van der Waals surface area contributed by atoms with Crippen LogP contribution in [0.2, 0.25) is 0 Å². The Bertz CT molecular complexity index is 787. The Hall–Kier alpha value is -2.30. The highest BCUT2D eigenvalue weighted by Crippen LogP contribution is 2.40. The maximum Gasteiger partial charge on any atom is 0.168 e. The van der Waals surface area contributed by atoms with E-state index in [-0.39, 0.29) is 6.04 Å². The van der Waals surface area contributed by atoms with Gasteiger partial charge in [0.05, 0.1) is 33.5 Å². The first-order chi connectivity index (χ1) is 12.8. The van der Waals surface area contributed by atoms with Gasteiger partial charge in [0.15, 0.2) is 11.5 Å². The third-order valence-corrected chi connectivity index (χ3v) is 5.30. The number of fused-ring (bicyclic) bond motifs is 2. The number of hydrogen-bond donors (Lipinski definition) is 0. The van der Waals surface area contributed by atoms with E-state index in [0.29, 0.717) is 6.04 Å². The maximum atomic E-state index is 5.85. The first-order valence-corrected chi connectivity index (χ1v) is 9.09. The van der Waals surface area contributed by atoms with E-state index in [0.717, 1.165) is 43.2 Å². The van der Waals surface area contributed by atoms with Crippen molar-refractivity contribution in [2.45, 2.75) is 25.0 Å². The molecular weight excluding hydrogens is 326 g/mol. The Morgan fingerprint density at radius 2 is 1.85 bits per heavy atom. The summed E-state index contributed by atoms with van der Waals surface area (Å²) in [5.74, 6) is 1.59. The lowest BCUT2D eigenvalue weighted by Gasteiger charge is -2.45. The summed E-state index contributed by atoms with van der Waals surface area (Å²) in [6.07, 6.45) is 3.29. The van der Waals surface area contributed by atoms with Crippen LogP contribution in [0, 0.1) is 0 Å². The number of hydrogen-bond acceptors (Lipinski definition) is 4. The average molecular weight is 351 g/mol. The summed E-state index contributed by atoms with van der Waals surface area (Å²) in [4.78, 5) is 2.56. The van der Waals surface area contributed by atoms with Gasteiger partial charge in [-0.2, -0.15) is 0 Å². The van der Waals surface area contributed by atoms with Gasteiger partial charge in [0.1, 0.15) is 0 Å². The summed E-state index contributed by atoms with van der Waals surface area (Å²) in [7, 11) is 3.39. The van der Waals surface area contributed by atoms with E-state index in [4.69, 9.17) is 14.2 Å². The number of nitrogens with zero attached hydrogens (tertiary/aromatic N) is 1. The van der Waals surface area contributed by atoms with Crippen LogP contribution in [-0.2, 0) is 11.3 Å². The predicted octanol–water partition coefficient (Wildman–Crippen LogP) is 3.76. The second-order valence-electron chi connectivity index (χ2n) is 6.85. The second kappa shape index (κ2) is 7.52. The van der Waals surface area contributed by atoms with Crippen molar-refractivity contribution in [3.63, 3.8) is 0 Å². The highest BCUT2D eigenvalue weighted by Gasteiger charge is 2.35. The zero-order valence-corrected chi connectivity index (χ0v) is 15.4. The topological polar surface area (TPSA) is 30.9 Å². The highest BCUT2D eigenvalue weighted by molar-refractivity contribution is 5.74. The number of rotatable bonds is 5. The summed E-state index contributed by atoms with van der Waals surface area (Å²) < 4.78 is 17.0. The highest BCUT2D eigenvalue weighted by atomic mass is 16.5. The monoisotopic (exact) mass is 351 g/mol. The SMILES string of the molecule is COc1cccc(C2=CC3COCC(C2)N3Cc2ccccc2)c1OC. The van der Waals surface area contributed by atoms with Crippen LogP contribution >= 0.6 is 0 Å². The quantitative estimate of drug-likeness (QED) is 0.821. The Labute approximate surface area is 155 Å². The van der Waals surface area contributed by atoms with Crippen LogP contribution in [0.3, 0.4) is 0 Å². The van der Waals surface area contributed by atoms with Crippen molar-refractivity contribution < 1.29 is 14.2 Å². The molecule has 1 saturated heterocycles. The van der Waals surface area contributed by atoms with Gasteiger partial charge in [0.2, 0.25) is 0 Å². The summed E-state index contributed by atoms with van der Waals surface area (Å²) in [6.45, 7) is 2.46.